The topological polar surface area (TPSA) is 140 Å². The summed E-state index contributed by atoms with van der Waals surface area (Å²) in [5.74, 6) is 2.91. The van der Waals surface area contributed by atoms with Gasteiger partial charge in [-0.1, -0.05) is 267 Å². The summed E-state index contributed by atoms with van der Waals surface area (Å²) in [5, 5.41) is 16.7. The molecule has 566 valence electrons. The molecule has 12 heteroatoms. The van der Waals surface area contributed by atoms with Crippen molar-refractivity contribution in [1.82, 2.24) is 39.0 Å². The maximum absolute atomic E-state index is 7.50. The van der Waals surface area contributed by atoms with Crippen molar-refractivity contribution in [1.29, 1.82) is 0 Å². The first-order valence-electron chi connectivity index (χ1n) is 40.9. The van der Waals surface area contributed by atoms with Crippen molar-refractivity contribution in [2.45, 2.75) is 0 Å². The van der Waals surface area contributed by atoms with Gasteiger partial charge in [0, 0.05) is 86.9 Å². The van der Waals surface area contributed by atoms with Crippen LogP contribution in [0.4, 0.5) is 0 Å². The van der Waals surface area contributed by atoms with Crippen LogP contribution in [-0.4, -0.2) is 39.0 Å². The molecule has 0 saturated carbocycles. The maximum Gasteiger partial charge on any atom is 0.170 e. The zero-order valence-corrected chi connectivity index (χ0v) is 65.0. The highest BCUT2D eigenvalue weighted by Gasteiger charge is 2.30. The van der Waals surface area contributed by atoms with Crippen molar-refractivity contribution in [3.8, 4) is 113 Å². The molecule has 122 heavy (non-hydrogen) atoms. The Morgan fingerprint density at radius 2 is 0.533 bits per heavy atom. The van der Waals surface area contributed by atoms with Crippen LogP contribution in [0.3, 0.4) is 0 Å². The molecule has 0 saturated heterocycles. The predicted octanol–water partition coefficient (Wildman–Crippen LogP) is 29.2. The molecule has 0 fully saturated rings. The number of hydrogen-bond acceptors (Lipinski definition) is 10. The molecule has 0 aliphatic rings. The Balaban J connectivity index is 0.618. The van der Waals surface area contributed by atoms with E-state index in [-0.39, 0.29) is 0 Å². The average Bonchev–Trinajstić information content (AvgIpc) is 1.56. The highest BCUT2D eigenvalue weighted by molar-refractivity contribution is 6.20. The van der Waals surface area contributed by atoms with E-state index >= 15 is 0 Å². The first-order chi connectivity index (χ1) is 60.4. The second-order valence-corrected chi connectivity index (χ2v) is 31.5. The molecule has 8 heterocycles. The van der Waals surface area contributed by atoms with E-state index in [2.05, 4.69) is 306 Å². The van der Waals surface area contributed by atoms with Crippen LogP contribution >= 0.6 is 0 Å². The van der Waals surface area contributed by atoms with Gasteiger partial charge in [-0.05, 0) is 164 Å². The van der Waals surface area contributed by atoms with E-state index in [0.717, 1.165) is 209 Å². The van der Waals surface area contributed by atoms with Gasteiger partial charge in [0.05, 0.1) is 44.6 Å². The number of fused-ring (bicyclic) bond motifs is 20. The third-order valence-electron chi connectivity index (χ3n) is 24.6. The first-order valence-corrected chi connectivity index (χ1v) is 40.9. The second kappa shape index (κ2) is 26.4. The van der Waals surface area contributed by atoms with Crippen LogP contribution < -0.4 is 0 Å². The lowest BCUT2D eigenvalue weighted by atomic mass is 9.98. The monoisotopic (exact) mass is 1560 g/mol. The van der Waals surface area contributed by atoms with Crippen molar-refractivity contribution in [2.75, 3.05) is 0 Å². The van der Waals surface area contributed by atoms with Crippen molar-refractivity contribution in [2.24, 2.45) is 0 Å². The summed E-state index contributed by atoms with van der Waals surface area (Å²) < 4.78 is 32.4. The molecule has 0 N–H and O–H groups in total. The molecule has 0 unspecified atom stereocenters. The van der Waals surface area contributed by atoms with Crippen molar-refractivity contribution < 1.29 is 17.7 Å². The van der Waals surface area contributed by atoms with E-state index in [9.17, 15) is 0 Å². The molecule has 26 rings (SSSR count). The van der Waals surface area contributed by atoms with E-state index in [1.165, 1.54) is 5.39 Å². The van der Waals surface area contributed by atoms with Crippen LogP contribution in [0.2, 0.25) is 0 Å². The molecule has 26 aromatic rings. The molecule has 12 nitrogen and oxygen atoms in total. The lowest BCUT2D eigenvalue weighted by Gasteiger charge is -2.16. The van der Waals surface area contributed by atoms with Crippen molar-refractivity contribution >= 4 is 153 Å². The summed E-state index contributed by atoms with van der Waals surface area (Å²) in [6, 6.07) is 132. The molecule has 0 aliphatic heterocycles. The molecule has 0 bridgehead atoms. The zero-order valence-electron chi connectivity index (χ0n) is 65.0. The van der Waals surface area contributed by atoms with Gasteiger partial charge in [0.25, 0.3) is 0 Å². The third-order valence-corrected chi connectivity index (χ3v) is 24.6. The highest BCUT2D eigenvalue weighted by Crippen LogP contribution is 2.49. The van der Waals surface area contributed by atoms with E-state index < -0.39 is 0 Å². The maximum atomic E-state index is 7.50. The molecule has 18 aromatic carbocycles. The summed E-state index contributed by atoms with van der Waals surface area (Å²) in [5.41, 5.74) is 22.7. The number of aromatic nitrogens is 8. The summed E-state index contributed by atoms with van der Waals surface area (Å²) >= 11 is 0. The minimum Gasteiger partial charge on any atom is -0.456 e. The van der Waals surface area contributed by atoms with E-state index in [0.29, 0.717) is 51.7 Å². The Labute approximate surface area is 694 Å². The average molecular weight is 1560 g/mol. The Kier molecular flexibility index (Phi) is 14.6. The normalized spacial score (nSPS) is 12.1. The number of hydrogen-bond donors (Lipinski definition) is 0. The van der Waals surface area contributed by atoms with Gasteiger partial charge in [-0.25, -0.2) is 29.9 Å². The molecule has 0 amide bonds. The number of furan rings is 4. The van der Waals surface area contributed by atoms with Gasteiger partial charge in [-0.15, -0.1) is 0 Å². The molecule has 0 atom stereocenters. The second-order valence-electron chi connectivity index (χ2n) is 31.5. The highest BCUT2D eigenvalue weighted by atomic mass is 16.3. The molecule has 0 aliphatic carbocycles. The standard InChI is InChI=1S/C110H62N8O4/c1-2-21-63(22-3-1)68-27-18-28-74(57-68)106-112-108(84-35-20-42-97-100(84)82-33-12-17-40-95(82)120-97)116-110(114-106)102-90(118-88-37-14-9-30-76(88)86-59-70-24-5-7-26-72(70)61-92(86)118)56-54-80-78-52-51-73(62-98(78)122-104(80)102)66-45-43-64(44-46-66)65-47-49-67(50-48-65)105-111-107(83-34-19-41-96-99(83)81-32-11-16-39-94(81)119-96)115-109(113-105)101-89(55-53-79-77-31-10-15-38-93(77)121-103(79)101)117-87-36-13-8-29-75(87)85-58-69-23-4-6-25-71(69)60-91(85)117/h1-62H. The molecule has 8 aromatic heterocycles. The Bertz CT molecular complexity index is 8910. The molecular weight excluding hydrogens is 1500 g/mol. The zero-order chi connectivity index (χ0) is 79.8. The summed E-state index contributed by atoms with van der Waals surface area (Å²) in [7, 11) is 0. The van der Waals surface area contributed by atoms with Crippen LogP contribution in [-0.2, 0) is 0 Å². The summed E-state index contributed by atoms with van der Waals surface area (Å²) in [6.07, 6.45) is 0. The number of rotatable bonds is 11. The van der Waals surface area contributed by atoms with Crippen LogP contribution in [0.25, 0.3) is 266 Å². The van der Waals surface area contributed by atoms with E-state index in [1.54, 1.807) is 0 Å². The fourth-order valence-electron chi connectivity index (χ4n) is 19.0. The van der Waals surface area contributed by atoms with Crippen LogP contribution in [0.1, 0.15) is 0 Å². The fourth-order valence-corrected chi connectivity index (χ4v) is 19.0. The minimum absolute atomic E-state index is 0.450. The number of nitrogens with zero attached hydrogens (tertiary/aromatic N) is 8. The van der Waals surface area contributed by atoms with Crippen molar-refractivity contribution in [3.05, 3.63) is 376 Å². The number of benzene rings is 18. The van der Waals surface area contributed by atoms with E-state index in [1.807, 2.05) is 78.9 Å². The Hall–Kier alpha value is -16.7. The van der Waals surface area contributed by atoms with Gasteiger partial charge in [-0.3, -0.25) is 0 Å². The van der Waals surface area contributed by atoms with Crippen LogP contribution in [0, 0.1) is 0 Å². The quantitative estimate of drug-likeness (QED) is 0.123. The SMILES string of the molecule is c1ccc(-c2cccc(-c3nc(-c4c(-n5c6ccccc6c6cc7ccccc7cc65)ccc5c4oc4cc(-c6ccc(-c7ccc(-c8nc(-c9c(-n%10c%11ccccc%11c%11cc%12ccccc%12cc%11%10)ccc%10c9oc9ccccc9%10)nc(-c9cccc%10oc%11ccccc%11c9%10)n8)cc7)cc6)ccc45)nc(-c4cccc5oc6ccccc6c45)n3)c2)cc1. The van der Waals surface area contributed by atoms with Crippen LogP contribution in [0.15, 0.2) is 394 Å². The van der Waals surface area contributed by atoms with Gasteiger partial charge in [-0.2, -0.15) is 0 Å². The van der Waals surface area contributed by atoms with Crippen molar-refractivity contribution in [3.63, 3.8) is 0 Å². The van der Waals surface area contributed by atoms with Gasteiger partial charge in [0.2, 0.25) is 0 Å². The lowest BCUT2D eigenvalue weighted by molar-refractivity contribution is 0.668. The summed E-state index contributed by atoms with van der Waals surface area (Å²) in [4.78, 5) is 33.5. The third kappa shape index (κ3) is 10.5. The van der Waals surface area contributed by atoms with Gasteiger partial charge in [0.1, 0.15) is 44.7 Å². The Morgan fingerprint density at radius 3 is 1.07 bits per heavy atom. The van der Waals surface area contributed by atoms with Crippen LogP contribution in [0.5, 0.6) is 0 Å². The largest absolute Gasteiger partial charge is 0.456 e. The predicted molar refractivity (Wildman–Crippen MR) is 495 cm³/mol. The number of para-hydroxylation sites is 5. The minimum atomic E-state index is 0.450. The fraction of sp³-hybridized carbons (Fsp3) is 0. The molecule has 0 spiro atoms. The Morgan fingerprint density at radius 1 is 0.180 bits per heavy atom. The van der Waals surface area contributed by atoms with Gasteiger partial charge in [0.15, 0.2) is 34.9 Å². The first kappa shape index (κ1) is 67.5. The molecular formula is C110H62N8O4. The molecule has 0 radical (unpaired) electrons. The lowest BCUT2D eigenvalue weighted by Crippen LogP contribution is -2.04. The smallest absolute Gasteiger partial charge is 0.170 e. The van der Waals surface area contributed by atoms with Gasteiger partial charge >= 0.3 is 0 Å². The van der Waals surface area contributed by atoms with E-state index in [4.69, 9.17) is 47.6 Å². The van der Waals surface area contributed by atoms with Gasteiger partial charge < -0.3 is 26.8 Å². The summed E-state index contributed by atoms with van der Waals surface area (Å²) in [6.45, 7) is 0.